The summed E-state index contributed by atoms with van der Waals surface area (Å²) in [5.74, 6) is 0. The van der Waals surface area contributed by atoms with Crippen molar-refractivity contribution in [2.24, 2.45) is 0 Å². The molecule has 1 heterocycles. The molecule has 86 valence electrons. The lowest BCUT2D eigenvalue weighted by molar-refractivity contribution is 0.314. The molecule has 0 aliphatic carbocycles. The lowest BCUT2D eigenvalue weighted by Crippen LogP contribution is -2.38. The van der Waals surface area contributed by atoms with Gasteiger partial charge in [-0.3, -0.25) is 0 Å². The zero-order valence-corrected chi connectivity index (χ0v) is 9.87. The van der Waals surface area contributed by atoms with E-state index in [0.29, 0.717) is 6.54 Å². The highest BCUT2D eigenvalue weighted by Crippen LogP contribution is 2.02. The molecule has 0 spiro atoms. The lowest BCUT2D eigenvalue weighted by atomic mass is 10.3. The molecule has 1 aromatic rings. The van der Waals surface area contributed by atoms with Crippen molar-refractivity contribution in [3.8, 4) is 0 Å². The Morgan fingerprint density at radius 1 is 1.60 bits per heavy atom. The molecule has 1 atom stereocenters. The van der Waals surface area contributed by atoms with Crippen LogP contribution in [0.5, 0.6) is 0 Å². The van der Waals surface area contributed by atoms with E-state index < -0.39 is 10.0 Å². The highest BCUT2D eigenvalue weighted by molar-refractivity contribution is 7.89. The Morgan fingerprint density at radius 3 is 2.73 bits per heavy atom. The SMILES string of the molecule is CC(CNS(=O)(=O)c1cnc[nH]1)N(C)C. The van der Waals surface area contributed by atoms with E-state index in [9.17, 15) is 8.42 Å². The van der Waals surface area contributed by atoms with Crippen molar-refractivity contribution in [2.45, 2.75) is 18.0 Å². The van der Waals surface area contributed by atoms with Crippen LogP contribution in [-0.2, 0) is 10.0 Å². The fourth-order valence-electron chi connectivity index (χ4n) is 0.881. The Balaban J connectivity index is 2.59. The standard InChI is InChI=1S/C8H16N4O2S/c1-7(12(2)3)4-11-15(13,14)8-5-9-6-10-8/h5-7,11H,4H2,1-3H3,(H,9,10). The van der Waals surface area contributed by atoms with Gasteiger partial charge in [-0.2, -0.15) is 0 Å². The van der Waals surface area contributed by atoms with Crippen molar-refractivity contribution in [1.29, 1.82) is 0 Å². The number of hydrogen-bond donors (Lipinski definition) is 2. The monoisotopic (exact) mass is 232 g/mol. The molecule has 0 saturated carbocycles. The first-order chi connectivity index (χ1) is 6.93. The number of nitrogens with one attached hydrogen (secondary N) is 2. The maximum atomic E-state index is 11.6. The molecule has 0 aliphatic rings. The summed E-state index contributed by atoms with van der Waals surface area (Å²) in [7, 11) is 0.356. The smallest absolute Gasteiger partial charge is 0.257 e. The number of hydrogen-bond acceptors (Lipinski definition) is 4. The molecule has 15 heavy (non-hydrogen) atoms. The van der Waals surface area contributed by atoms with Crippen LogP contribution in [0.15, 0.2) is 17.6 Å². The Bertz CT molecular complexity index is 385. The van der Waals surface area contributed by atoms with Crippen LogP contribution < -0.4 is 4.72 Å². The van der Waals surface area contributed by atoms with Crippen LogP contribution in [0.2, 0.25) is 0 Å². The van der Waals surface area contributed by atoms with Gasteiger partial charge in [-0.25, -0.2) is 18.1 Å². The van der Waals surface area contributed by atoms with E-state index in [4.69, 9.17) is 0 Å². The van der Waals surface area contributed by atoms with Crippen LogP contribution in [-0.4, -0.2) is 50.0 Å². The molecular formula is C8H16N4O2S. The minimum absolute atomic E-state index is 0.0912. The average molecular weight is 232 g/mol. The Labute approximate surface area is 89.8 Å². The Kier molecular flexibility index (Phi) is 3.83. The summed E-state index contributed by atoms with van der Waals surface area (Å²) in [4.78, 5) is 8.16. The second-order valence-corrected chi connectivity index (χ2v) is 5.32. The zero-order chi connectivity index (χ0) is 11.5. The Hall–Kier alpha value is -0.920. The molecule has 1 aromatic heterocycles. The fraction of sp³-hybridized carbons (Fsp3) is 0.625. The zero-order valence-electron chi connectivity index (χ0n) is 9.06. The summed E-state index contributed by atoms with van der Waals surface area (Å²) in [5.41, 5.74) is 0. The first-order valence-electron chi connectivity index (χ1n) is 4.58. The van der Waals surface area contributed by atoms with Crippen molar-refractivity contribution in [1.82, 2.24) is 19.6 Å². The number of likely N-dealkylation sites (N-methyl/N-ethyl adjacent to an activating group) is 1. The van der Waals surface area contributed by atoms with Crippen LogP contribution in [0.1, 0.15) is 6.92 Å². The third kappa shape index (κ3) is 3.29. The molecular weight excluding hydrogens is 216 g/mol. The minimum atomic E-state index is -3.44. The molecule has 0 saturated heterocycles. The second kappa shape index (κ2) is 4.73. The van der Waals surface area contributed by atoms with Gasteiger partial charge >= 0.3 is 0 Å². The van der Waals surface area contributed by atoms with E-state index in [1.165, 1.54) is 12.5 Å². The topological polar surface area (TPSA) is 78.1 Å². The number of H-pyrrole nitrogens is 1. The van der Waals surface area contributed by atoms with Gasteiger partial charge < -0.3 is 9.88 Å². The van der Waals surface area contributed by atoms with E-state index in [2.05, 4.69) is 14.7 Å². The number of aromatic amines is 1. The van der Waals surface area contributed by atoms with Crippen LogP contribution in [0, 0.1) is 0 Å². The van der Waals surface area contributed by atoms with E-state index in [1.54, 1.807) is 0 Å². The molecule has 0 aromatic carbocycles. The fourth-order valence-corrected chi connectivity index (χ4v) is 1.90. The second-order valence-electron chi connectivity index (χ2n) is 3.58. The van der Waals surface area contributed by atoms with Crippen molar-refractivity contribution < 1.29 is 8.42 Å². The maximum absolute atomic E-state index is 11.6. The van der Waals surface area contributed by atoms with Gasteiger partial charge in [0.1, 0.15) is 0 Å². The first kappa shape index (κ1) is 12.2. The van der Waals surface area contributed by atoms with Crippen molar-refractivity contribution in [2.75, 3.05) is 20.6 Å². The van der Waals surface area contributed by atoms with Gasteiger partial charge in [-0.1, -0.05) is 0 Å². The van der Waals surface area contributed by atoms with E-state index in [-0.39, 0.29) is 11.1 Å². The van der Waals surface area contributed by atoms with Crippen molar-refractivity contribution in [3.05, 3.63) is 12.5 Å². The normalized spacial score (nSPS) is 14.4. The molecule has 0 fully saturated rings. The summed E-state index contributed by atoms with van der Waals surface area (Å²) in [5, 5.41) is 0.0912. The van der Waals surface area contributed by atoms with Gasteiger partial charge in [0, 0.05) is 12.6 Å². The summed E-state index contributed by atoms with van der Waals surface area (Å²) in [6.07, 6.45) is 2.62. The molecule has 0 bridgehead atoms. The highest BCUT2D eigenvalue weighted by atomic mass is 32.2. The van der Waals surface area contributed by atoms with E-state index in [0.717, 1.165) is 0 Å². The van der Waals surface area contributed by atoms with Crippen LogP contribution >= 0.6 is 0 Å². The van der Waals surface area contributed by atoms with Gasteiger partial charge in [-0.05, 0) is 21.0 Å². The molecule has 0 amide bonds. The lowest BCUT2D eigenvalue weighted by Gasteiger charge is -2.19. The number of nitrogens with zero attached hydrogens (tertiary/aromatic N) is 2. The van der Waals surface area contributed by atoms with Crippen molar-refractivity contribution in [3.63, 3.8) is 0 Å². The third-order valence-electron chi connectivity index (χ3n) is 2.21. The summed E-state index contributed by atoms with van der Waals surface area (Å²) < 4.78 is 25.7. The van der Waals surface area contributed by atoms with Crippen molar-refractivity contribution >= 4 is 10.0 Å². The first-order valence-corrected chi connectivity index (χ1v) is 6.06. The summed E-state index contributed by atoms with van der Waals surface area (Å²) in [6, 6.07) is 0.141. The molecule has 7 heteroatoms. The number of sulfonamides is 1. The van der Waals surface area contributed by atoms with Crippen LogP contribution in [0.25, 0.3) is 0 Å². The largest absolute Gasteiger partial charge is 0.335 e. The van der Waals surface area contributed by atoms with E-state index >= 15 is 0 Å². The van der Waals surface area contributed by atoms with Gasteiger partial charge in [-0.15, -0.1) is 0 Å². The Morgan fingerprint density at radius 2 is 2.27 bits per heavy atom. The van der Waals surface area contributed by atoms with Crippen LogP contribution in [0.3, 0.4) is 0 Å². The molecule has 1 unspecified atom stereocenters. The van der Waals surface area contributed by atoms with Gasteiger partial charge in [0.15, 0.2) is 5.03 Å². The third-order valence-corrected chi connectivity index (χ3v) is 3.56. The molecule has 1 rings (SSSR count). The molecule has 0 aliphatic heterocycles. The number of imidazole rings is 1. The minimum Gasteiger partial charge on any atom is -0.335 e. The highest BCUT2D eigenvalue weighted by Gasteiger charge is 2.16. The molecule has 0 radical (unpaired) electrons. The van der Waals surface area contributed by atoms with E-state index in [1.807, 2.05) is 25.9 Å². The number of aromatic nitrogens is 2. The average Bonchev–Trinajstić information content (AvgIpc) is 2.67. The maximum Gasteiger partial charge on any atom is 0.257 e. The van der Waals surface area contributed by atoms with Gasteiger partial charge in [0.25, 0.3) is 10.0 Å². The summed E-state index contributed by atoms with van der Waals surface area (Å²) in [6.45, 7) is 2.31. The predicted octanol–water partition coefficient (Wildman–Crippen LogP) is -0.362. The quantitative estimate of drug-likeness (QED) is 0.726. The summed E-state index contributed by atoms with van der Waals surface area (Å²) >= 11 is 0. The predicted molar refractivity (Wildman–Crippen MR) is 56.9 cm³/mol. The van der Waals surface area contributed by atoms with Crippen LogP contribution in [0.4, 0.5) is 0 Å². The molecule has 6 nitrogen and oxygen atoms in total. The number of rotatable bonds is 5. The van der Waals surface area contributed by atoms with Gasteiger partial charge in [0.2, 0.25) is 0 Å². The van der Waals surface area contributed by atoms with Gasteiger partial charge in [0.05, 0.1) is 12.5 Å². The molecule has 2 N–H and O–H groups in total.